The minimum atomic E-state index is -3.19. The van der Waals surface area contributed by atoms with Crippen LogP contribution in [0.5, 0.6) is 0 Å². The summed E-state index contributed by atoms with van der Waals surface area (Å²) in [4.78, 5) is 10.8. The van der Waals surface area contributed by atoms with Gasteiger partial charge in [-0.2, -0.15) is 0 Å². The van der Waals surface area contributed by atoms with Crippen molar-refractivity contribution in [3.8, 4) is 0 Å². The minimum Gasteiger partial charge on any atom is -0.481 e. The van der Waals surface area contributed by atoms with Gasteiger partial charge in [-0.15, -0.1) is 0 Å². The third-order valence-electron chi connectivity index (χ3n) is 2.71. The predicted molar refractivity (Wildman–Crippen MR) is 68.2 cm³/mol. The molecule has 6 heteroatoms. The summed E-state index contributed by atoms with van der Waals surface area (Å²) < 4.78 is 22.6. The molecular weight excluding hydrogens is 254 g/mol. The normalized spacial score (nSPS) is 13.2. The third-order valence-corrected chi connectivity index (χ3v) is 3.83. The van der Waals surface area contributed by atoms with E-state index in [2.05, 4.69) is 5.32 Å². The molecule has 0 amide bonds. The Labute approximate surface area is 107 Å². The lowest BCUT2D eigenvalue weighted by atomic mass is 10.0. The lowest BCUT2D eigenvalue weighted by molar-refractivity contribution is -0.137. The minimum absolute atomic E-state index is 0.0688. The molecule has 1 rings (SSSR count). The molecule has 1 atom stereocenters. The summed E-state index contributed by atoms with van der Waals surface area (Å²) in [6.45, 7) is 0. The standard InChI is InChI=1S/C12H17NO4S/c1-13-11(7-8-12(14)15)9-3-5-10(6-4-9)18(2,16)17/h3-6,11,13H,7-8H2,1-2H3,(H,14,15). The third kappa shape index (κ3) is 4.12. The van der Waals surface area contributed by atoms with Crippen LogP contribution < -0.4 is 5.32 Å². The number of carboxylic acids is 1. The van der Waals surface area contributed by atoms with Crippen LogP contribution in [-0.4, -0.2) is 32.8 Å². The van der Waals surface area contributed by atoms with Gasteiger partial charge in [0.05, 0.1) is 4.90 Å². The number of benzene rings is 1. The van der Waals surface area contributed by atoms with Crippen molar-refractivity contribution in [2.45, 2.75) is 23.8 Å². The molecule has 5 nitrogen and oxygen atoms in total. The number of rotatable bonds is 6. The van der Waals surface area contributed by atoms with Crippen LogP contribution in [0.25, 0.3) is 0 Å². The molecule has 0 bridgehead atoms. The van der Waals surface area contributed by atoms with Gasteiger partial charge in [0.1, 0.15) is 0 Å². The highest BCUT2D eigenvalue weighted by molar-refractivity contribution is 7.90. The molecule has 2 N–H and O–H groups in total. The molecule has 100 valence electrons. The first-order chi connectivity index (χ1) is 8.34. The first kappa shape index (κ1) is 14.7. The Balaban J connectivity index is 2.85. The van der Waals surface area contributed by atoms with Crippen molar-refractivity contribution >= 4 is 15.8 Å². The fourth-order valence-corrected chi connectivity index (χ4v) is 2.32. The molecule has 0 heterocycles. The van der Waals surface area contributed by atoms with Gasteiger partial charge in [-0.05, 0) is 31.2 Å². The van der Waals surface area contributed by atoms with E-state index in [1.807, 2.05) is 0 Å². The van der Waals surface area contributed by atoms with Gasteiger partial charge in [-0.3, -0.25) is 4.79 Å². The van der Waals surface area contributed by atoms with E-state index >= 15 is 0 Å². The highest BCUT2D eigenvalue weighted by Gasteiger charge is 2.12. The van der Waals surface area contributed by atoms with Crippen molar-refractivity contribution in [2.75, 3.05) is 13.3 Å². The van der Waals surface area contributed by atoms with Gasteiger partial charge in [0, 0.05) is 18.7 Å². The van der Waals surface area contributed by atoms with Gasteiger partial charge in [0.15, 0.2) is 9.84 Å². The Kier molecular flexibility index (Phi) is 4.86. The summed E-state index contributed by atoms with van der Waals surface area (Å²) in [5.41, 5.74) is 0.881. The zero-order valence-corrected chi connectivity index (χ0v) is 11.2. The average Bonchev–Trinajstić information content (AvgIpc) is 2.29. The van der Waals surface area contributed by atoms with Crippen LogP contribution in [0.2, 0.25) is 0 Å². The second-order valence-corrected chi connectivity index (χ2v) is 6.13. The molecule has 0 aliphatic carbocycles. The Hall–Kier alpha value is -1.40. The van der Waals surface area contributed by atoms with Crippen LogP contribution >= 0.6 is 0 Å². The SMILES string of the molecule is CNC(CCC(=O)O)c1ccc(S(C)(=O)=O)cc1. The Morgan fingerprint density at radius 1 is 1.33 bits per heavy atom. The number of carbonyl (C=O) groups is 1. The number of carboxylic acid groups (broad SMARTS) is 1. The summed E-state index contributed by atoms with van der Waals surface area (Å²) in [5.74, 6) is -0.844. The molecule has 0 saturated heterocycles. The van der Waals surface area contributed by atoms with Crippen LogP contribution in [0, 0.1) is 0 Å². The zero-order valence-electron chi connectivity index (χ0n) is 10.4. The highest BCUT2D eigenvalue weighted by Crippen LogP contribution is 2.20. The number of hydrogen-bond acceptors (Lipinski definition) is 4. The molecule has 0 fully saturated rings. The second kappa shape index (κ2) is 5.97. The topological polar surface area (TPSA) is 83.5 Å². The number of nitrogens with one attached hydrogen (secondary N) is 1. The summed E-state index contributed by atoms with van der Waals surface area (Å²) in [6.07, 6.45) is 1.69. The van der Waals surface area contributed by atoms with Crippen LogP contribution in [0.15, 0.2) is 29.2 Å². The van der Waals surface area contributed by atoms with Crippen molar-refractivity contribution in [1.29, 1.82) is 0 Å². The highest BCUT2D eigenvalue weighted by atomic mass is 32.2. The summed E-state index contributed by atoms with van der Waals surface area (Å²) in [5, 5.41) is 11.7. The summed E-state index contributed by atoms with van der Waals surface area (Å²) >= 11 is 0. The van der Waals surface area contributed by atoms with Gasteiger partial charge >= 0.3 is 5.97 Å². The first-order valence-electron chi connectivity index (χ1n) is 5.53. The predicted octanol–water partition coefficient (Wildman–Crippen LogP) is 1.22. The van der Waals surface area contributed by atoms with Crippen molar-refractivity contribution < 1.29 is 18.3 Å². The molecule has 0 saturated carbocycles. The second-order valence-electron chi connectivity index (χ2n) is 4.11. The largest absolute Gasteiger partial charge is 0.481 e. The fraction of sp³-hybridized carbons (Fsp3) is 0.417. The maximum Gasteiger partial charge on any atom is 0.303 e. The maximum atomic E-state index is 11.3. The van der Waals surface area contributed by atoms with Gasteiger partial charge in [-0.25, -0.2) is 8.42 Å². The fourth-order valence-electron chi connectivity index (χ4n) is 1.69. The van der Waals surface area contributed by atoms with Crippen molar-refractivity contribution in [3.63, 3.8) is 0 Å². The maximum absolute atomic E-state index is 11.3. The lowest BCUT2D eigenvalue weighted by Gasteiger charge is -2.15. The Bertz CT molecular complexity index is 507. The zero-order chi connectivity index (χ0) is 13.8. The van der Waals surface area contributed by atoms with E-state index in [-0.39, 0.29) is 17.4 Å². The molecule has 0 aromatic heterocycles. The molecule has 1 aromatic rings. The molecule has 0 radical (unpaired) electrons. The number of hydrogen-bond donors (Lipinski definition) is 2. The van der Waals surface area contributed by atoms with Gasteiger partial charge in [0.25, 0.3) is 0 Å². The Morgan fingerprint density at radius 2 is 1.89 bits per heavy atom. The van der Waals surface area contributed by atoms with E-state index in [1.165, 1.54) is 12.1 Å². The lowest BCUT2D eigenvalue weighted by Crippen LogP contribution is -2.17. The van der Waals surface area contributed by atoms with Crippen LogP contribution in [0.4, 0.5) is 0 Å². The monoisotopic (exact) mass is 271 g/mol. The van der Waals surface area contributed by atoms with E-state index in [0.29, 0.717) is 6.42 Å². The van der Waals surface area contributed by atoms with Crippen molar-refractivity contribution in [3.05, 3.63) is 29.8 Å². The number of sulfone groups is 1. The average molecular weight is 271 g/mol. The summed E-state index contributed by atoms with van der Waals surface area (Å²) in [6, 6.07) is 6.40. The van der Waals surface area contributed by atoms with E-state index in [0.717, 1.165) is 11.8 Å². The van der Waals surface area contributed by atoms with Gasteiger partial charge in [-0.1, -0.05) is 12.1 Å². The van der Waals surface area contributed by atoms with Crippen molar-refractivity contribution in [1.82, 2.24) is 5.32 Å². The van der Waals surface area contributed by atoms with Gasteiger partial charge in [0.2, 0.25) is 0 Å². The molecule has 1 aromatic carbocycles. The summed E-state index contributed by atoms with van der Waals surface area (Å²) in [7, 11) is -1.45. The van der Waals surface area contributed by atoms with Crippen LogP contribution in [0.1, 0.15) is 24.4 Å². The van der Waals surface area contributed by atoms with E-state index < -0.39 is 15.8 Å². The smallest absolute Gasteiger partial charge is 0.303 e. The quantitative estimate of drug-likeness (QED) is 0.812. The van der Waals surface area contributed by atoms with E-state index in [1.54, 1.807) is 19.2 Å². The van der Waals surface area contributed by atoms with Crippen LogP contribution in [0.3, 0.4) is 0 Å². The van der Waals surface area contributed by atoms with E-state index in [4.69, 9.17) is 5.11 Å². The van der Waals surface area contributed by atoms with E-state index in [9.17, 15) is 13.2 Å². The molecule has 0 spiro atoms. The molecular formula is C12H17NO4S. The molecule has 0 aliphatic heterocycles. The number of aliphatic carboxylic acids is 1. The van der Waals surface area contributed by atoms with Gasteiger partial charge < -0.3 is 10.4 Å². The molecule has 1 unspecified atom stereocenters. The molecule has 18 heavy (non-hydrogen) atoms. The van der Waals surface area contributed by atoms with Crippen LogP contribution in [-0.2, 0) is 14.6 Å². The first-order valence-corrected chi connectivity index (χ1v) is 7.43. The van der Waals surface area contributed by atoms with Crippen molar-refractivity contribution in [2.24, 2.45) is 0 Å². The molecule has 0 aliphatic rings. The Morgan fingerprint density at radius 3 is 2.28 bits per heavy atom.